The van der Waals surface area contributed by atoms with Crippen LogP contribution in [0, 0.1) is 6.92 Å². The van der Waals surface area contributed by atoms with Gasteiger partial charge in [0.2, 0.25) is 9.84 Å². The second kappa shape index (κ2) is 7.11. The molecule has 0 N–H and O–H groups in total. The molecule has 0 aliphatic rings. The molecule has 1 heterocycles. The van der Waals surface area contributed by atoms with Crippen LogP contribution >= 0.6 is 15.9 Å². The minimum Gasteiger partial charge on any atom is -0.331 e. The third-order valence-electron chi connectivity index (χ3n) is 4.14. The van der Waals surface area contributed by atoms with Crippen LogP contribution in [-0.2, 0) is 16.4 Å². The lowest BCUT2D eigenvalue weighted by Crippen LogP contribution is -2.10. The normalized spacial score (nSPS) is 11.9. The van der Waals surface area contributed by atoms with Gasteiger partial charge >= 0.3 is 0 Å². The molecule has 24 heavy (non-hydrogen) atoms. The first kappa shape index (κ1) is 17.2. The number of hydrogen-bond donors (Lipinski definition) is 0. The Kier molecular flexibility index (Phi) is 5.11. The van der Waals surface area contributed by atoms with E-state index in [1.54, 1.807) is 18.2 Å². The van der Waals surface area contributed by atoms with Gasteiger partial charge in [0.15, 0.2) is 0 Å². The summed E-state index contributed by atoms with van der Waals surface area (Å²) in [6.07, 6.45) is 1.94. The van der Waals surface area contributed by atoms with E-state index in [9.17, 15) is 8.42 Å². The van der Waals surface area contributed by atoms with E-state index in [0.29, 0.717) is 16.5 Å². The minimum atomic E-state index is -3.53. The molecule has 3 aromatic rings. The summed E-state index contributed by atoms with van der Waals surface area (Å²) in [4.78, 5) is 0.345. The van der Waals surface area contributed by atoms with Gasteiger partial charge in [-0.15, -0.1) is 0 Å². The predicted octanol–water partition coefficient (Wildman–Crippen LogP) is 4.96. The number of nitrogens with zero attached hydrogens (tertiary/aromatic N) is 1. The van der Waals surface area contributed by atoms with Gasteiger partial charge in [-0.05, 0) is 44.0 Å². The van der Waals surface area contributed by atoms with Crippen LogP contribution in [0.5, 0.6) is 0 Å². The first-order valence-electron chi connectivity index (χ1n) is 8.00. The van der Waals surface area contributed by atoms with Gasteiger partial charge < -0.3 is 4.57 Å². The third kappa shape index (κ3) is 3.28. The molecule has 126 valence electrons. The Morgan fingerprint density at radius 1 is 1.00 bits per heavy atom. The third-order valence-corrected chi connectivity index (χ3v) is 6.49. The first-order valence-corrected chi connectivity index (χ1v) is 10.6. The SMILES string of the molecule is Cc1ccc(S(=O)(=O)c2cc3ccccc3n2CCCCBr)cc1. The Bertz CT molecular complexity index is 943. The number of alkyl halides is 1. The Balaban J connectivity index is 2.13. The molecule has 0 saturated carbocycles. The smallest absolute Gasteiger partial charge is 0.222 e. The van der Waals surface area contributed by atoms with Crippen LogP contribution in [0.4, 0.5) is 0 Å². The number of para-hydroxylation sites is 1. The van der Waals surface area contributed by atoms with Crippen molar-refractivity contribution in [3.63, 3.8) is 0 Å². The van der Waals surface area contributed by atoms with Crippen LogP contribution in [0.1, 0.15) is 18.4 Å². The van der Waals surface area contributed by atoms with Gasteiger partial charge in [-0.2, -0.15) is 0 Å². The zero-order valence-corrected chi connectivity index (χ0v) is 16.0. The highest BCUT2D eigenvalue weighted by molar-refractivity contribution is 9.09. The van der Waals surface area contributed by atoms with Gasteiger partial charge in [0, 0.05) is 22.8 Å². The Morgan fingerprint density at radius 3 is 2.42 bits per heavy atom. The fourth-order valence-corrected chi connectivity index (χ4v) is 4.74. The summed E-state index contributed by atoms with van der Waals surface area (Å²) in [7, 11) is -3.53. The summed E-state index contributed by atoms with van der Waals surface area (Å²) < 4.78 is 28.2. The van der Waals surface area contributed by atoms with Crippen LogP contribution in [0.15, 0.2) is 64.5 Å². The Hall–Kier alpha value is -1.59. The van der Waals surface area contributed by atoms with Crippen molar-refractivity contribution in [1.82, 2.24) is 4.57 Å². The van der Waals surface area contributed by atoms with Crippen LogP contribution in [0.25, 0.3) is 10.9 Å². The van der Waals surface area contributed by atoms with Crippen LogP contribution in [0.2, 0.25) is 0 Å². The van der Waals surface area contributed by atoms with Crippen molar-refractivity contribution in [1.29, 1.82) is 0 Å². The molecule has 0 aliphatic heterocycles. The van der Waals surface area contributed by atoms with E-state index in [-0.39, 0.29) is 0 Å². The van der Waals surface area contributed by atoms with E-state index in [0.717, 1.165) is 34.6 Å². The number of fused-ring (bicyclic) bond motifs is 1. The van der Waals surface area contributed by atoms with Crippen molar-refractivity contribution in [2.24, 2.45) is 0 Å². The number of unbranched alkanes of at least 4 members (excludes halogenated alkanes) is 1. The summed E-state index contributed by atoms with van der Waals surface area (Å²) >= 11 is 3.44. The number of aryl methyl sites for hydroxylation is 2. The molecule has 0 radical (unpaired) electrons. The predicted molar refractivity (Wildman–Crippen MR) is 102 cm³/mol. The lowest BCUT2D eigenvalue weighted by Gasteiger charge is -2.11. The molecule has 0 spiro atoms. The van der Waals surface area contributed by atoms with Crippen LogP contribution in [0.3, 0.4) is 0 Å². The maximum atomic E-state index is 13.1. The van der Waals surface area contributed by atoms with E-state index >= 15 is 0 Å². The van der Waals surface area contributed by atoms with E-state index in [4.69, 9.17) is 0 Å². The number of halogens is 1. The van der Waals surface area contributed by atoms with E-state index in [2.05, 4.69) is 15.9 Å². The van der Waals surface area contributed by atoms with E-state index in [1.807, 2.05) is 47.9 Å². The fourth-order valence-electron chi connectivity index (χ4n) is 2.84. The molecule has 0 bridgehead atoms. The summed E-state index contributed by atoms with van der Waals surface area (Å²) in [6, 6.07) is 16.7. The molecular formula is C19H20BrNO2S. The zero-order valence-electron chi connectivity index (χ0n) is 13.6. The average Bonchev–Trinajstić information content (AvgIpc) is 2.95. The van der Waals surface area contributed by atoms with Crippen molar-refractivity contribution in [2.45, 2.75) is 36.2 Å². The highest BCUT2D eigenvalue weighted by Gasteiger charge is 2.23. The van der Waals surface area contributed by atoms with Crippen molar-refractivity contribution < 1.29 is 8.42 Å². The van der Waals surface area contributed by atoms with Crippen molar-refractivity contribution >= 4 is 36.7 Å². The molecule has 2 aromatic carbocycles. The number of sulfone groups is 1. The maximum absolute atomic E-state index is 13.1. The van der Waals surface area contributed by atoms with E-state index in [1.165, 1.54) is 0 Å². The second-order valence-electron chi connectivity index (χ2n) is 5.91. The molecule has 0 aliphatic carbocycles. The number of rotatable bonds is 6. The van der Waals surface area contributed by atoms with Crippen LogP contribution in [-0.4, -0.2) is 18.3 Å². The monoisotopic (exact) mass is 405 g/mol. The van der Waals surface area contributed by atoms with Crippen molar-refractivity contribution in [3.05, 3.63) is 60.2 Å². The number of hydrogen-bond acceptors (Lipinski definition) is 2. The zero-order chi connectivity index (χ0) is 17.2. The topological polar surface area (TPSA) is 39.1 Å². The largest absolute Gasteiger partial charge is 0.331 e. The molecule has 3 nitrogen and oxygen atoms in total. The molecule has 5 heteroatoms. The maximum Gasteiger partial charge on any atom is 0.222 e. The molecular weight excluding hydrogens is 386 g/mol. The van der Waals surface area contributed by atoms with Gasteiger partial charge in [-0.1, -0.05) is 51.8 Å². The molecule has 0 amide bonds. The quantitative estimate of drug-likeness (QED) is 0.429. The highest BCUT2D eigenvalue weighted by atomic mass is 79.9. The summed E-state index contributed by atoms with van der Waals surface area (Å²) in [5.74, 6) is 0. The summed E-state index contributed by atoms with van der Waals surface area (Å²) in [5, 5.41) is 2.26. The highest BCUT2D eigenvalue weighted by Crippen LogP contribution is 2.28. The van der Waals surface area contributed by atoms with Crippen molar-refractivity contribution in [2.75, 3.05) is 5.33 Å². The standard InChI is InChI=1S/C19H20BrNO2S/c1-15-8-10-17(11-9-15)24(22,23)19-14-16-6-2-3-7-18(16)21(19)13-5-4-12-20/h2-3,6-11,14H,4-5,12-13H2,1H3. The molecule has 3 rings (SSSR count). The molecule has 0 atom stereocenters. The number of benzene rings is 2. The average molecular weight is 406 g/mol. The van der Waals surface area contributed by atoms with Crippen LogP contribution < -0.4 is 0 Å². The van der Waals surface area contributed by atoms with Gasteiger partial charge in [0.1, 0.15) is 5.03 Å². The number of aromatic nitrogens is 1. The van der Waals surface area contributed by atoms with Gasteiger partial charge in [-0.25, -0.2) is 8.42 Å². The van der Waals surface area contributed by atoms with E-state index < -0.39 is 9.84 Å². The van der Waals surface area contributed by atoms with Gasteiger partial charge in [0.25, 0.3) is 0 Å². The lowest BCUT2D eigenvalue weighted by atomic mass is 10.2. The molecule has 0 fully saturated rings. The second-order valence-corrected chi connectivity index (χ2v) is 8.60. The van der Waals surface area contributed by atoms with Crippen molar-refractivity contribution in [3.8, 4) is 0 Å². The minimum absolute atomic E-state index is 0.345. The first-order chi connectivity index (χ1) is 11.5. The Labute approximate surface area is 151 Å². The Morgan fingerprint density at radius 2 is 1.71 bits per heavy atom. The summed E-state index contributed by atoms with van der Waals surface area (Å²) in [5.41, 5.74) is 2.02. The van der Waals surface area contributed by atoms with Gasteiger partial charge in [0.05, 0.1) is 4.90 Å². The fraction of sp³-hybridized carbons (Fsp3) is 0.263. The molecule has 0 unspecified atom stereocenters. The van der Waals surface area contributed by atoms with Gasteiger partial charge in [-0.3, -0.25) is 0 Å². The lowest BCUT2D eigenvalue weighted by molar-refractivity contribution is 0.565. The summed E-state index contributed by atoms with van der Waals surface area (Å²) in [6.45, 7) is 2.65. The molecule has 0 saturated heterocycles. The molecule has 1 aromatic heterocycles.